The molecule has 1 fully saturated rings. The van der Waals surface area contributed by atoms with Crippen LogP contribution in [0.2, 0.25) is 0 Å². The van der Waals surface area contributed by atoms with Crippen molar-refractivity contribution in [1.29, 1.82) is 0 Å². The Balaban J connectivity index is 2.29. The lowest BCUT2D eigenvalue weighted by atomic mass is 10.0. The molecule has 0 bridgehead atoms. The van der Waals surface area contributed by atoms with Crippen molar-refractivity contribution in [2.45, 2.75) is 25.8 Å². The van der Waals surface area contributed by atoms with Crippen LogP contribution >= 0.6 is 0 Å². The number of aromatic nitrogens is 1. The van der Waals surface area contributed by atoms with Crippen molar-refractivity contribution >= 4 is 0 Å². The second kappa shape index (κ2) is 3.00. The molecule has 1 aromatic rings. The summed E-state index contributed by atoms with van der Waals surface area (Å²) in [6.45, 7) is 1.81. The first-order valence-corrected chi connectivity index (χ1v) is 4.63. The van der Waals surface area contributed by atoms with Gasteiger partial charge in [0.15, 0.2) is 0 Å². The second-order valence-electron chi connectivity index (χ2n) is 3.81. The Morgan fingerprint density at radius 2 is 2.31 bits per heavy atom. The number of pyridine rings is 1. The van der Waals surface area contributed by atoms with E-state index in [4.69, 9.17) is 5.73 Å². The fourth-order valence-electron chi connectivity index (χ4n) is 1.54. The average Bonchev–Trinajstić information content (AvgIpc) is 2.91. The van der Waals surface area contributed by atoms with Gasteiger partial charge in [-0.1, -0.05) is 0 Å². The van der Waals surface area contributed by atoms with E-state index in [0.29, 0.717) is 5.92 Å². The molecule has 1 heterocycles. The molecule has 1 aliphatic rings. The first kappa shape index (κ1) is 8.51. The van der Waals surface area contributed by atoms with E-state index in [1.54, 1.807) is 6.20 Å². The van der Waals surface area contributed by atoms with Gasteiger partial charge in [0, 0.05) is 17.8 Å². The molecule has 1 aliphatic carbocycles. The van der Waals surface area contributed by atoms with Gasteiger partial charge in [0.1, 0.15) is 0 Å². The molecule has 1 atom stereocenters. The minimum absolute atomic E-state index is 0.0215. The van der Waals surface area contributed by atoms with Gasteiger partial charge in [-0.15, -0.1) is 0 Å². The van der Waals surface area contributed by atoms with Crippen LogP contribution in [-0.4, -0.2) is 4.98 Å². The molecule has 1 aromatic heterocycles. The van der Waals surface area contributed by atoms with Crippen molar-refractivity contribution in [3.05, 3.63) is 33.7 Å². The molecule has 0 spiro atoms. The Morgan fingerprint density at radius 3 is 2.85 bits per heavy atom. The van der Waals surface area contributed by atoms with Crippen LogP contribution in [0.1, 0.15) is 30.0 Å². The van der Waals surface area contributed by atoms with Gasteiger partial charge < -0.3 is 10.7 Å². The van der Waals surface area contributed by atoms with Crippen molar-refractivity contribution < 1.29 is 0 Å². The summed E-state index contributed by atoms with van der Waals surface area (Å²) in [6, 6.07) is 2.00. The van der Waals surface area contributed by atoms with Gasteiger partial charge in [-0.2, -0.15) is 0 Å². The summed E-state index contributed by atoms with van der Waals surface area (Å²) < 4.78 is 0. The molecule has 0 aromatic carbocycles. The molecule has 3 nitrogen and oxygen atoms in total. The Hall–Kier alpha value is -1.09. The molecule has 1 saturated carbocycles. The number of hydrogen-bond donors (Lipinski definition) is 2. The maximum atomic E-state index is 11.1. The van der Waals surface area contributed by atoms with E-state index in [1.165, 1.54) is 12.8 Å². The van der Waals surface area contributed by atoms with Crippen LogP contribution < -0.4 is 11.3 Å². The van der Waals surface area contributed by atoms with E-state index in [0.717, 1.165) is 11.1 Å². The molecule has 3 heteroatoms. The number of rotatable bonds is 2. The number of hydrogen-bond acceptors (Lipinski definition) is 2. The Bertz CT molecular complexity index is 365. The van der Waals surface area contributed by atoms with Crippen LogP contribution in [0.15, 0.2) is 17.1 Å². The number of nitrogens with two attached hydrogens (primary N) is 1. The van der Waals surface area contributed by atoms with E-state index in [1.807, 2.05) is 13.0 Å². The van der Waals surface area contributed by atoms with Gasteiger partial charge in [-0.3, -0.25) is 4.79 Å². The topological polar surface area (TPSA) is 58.9 Å². The van der Waals surface area contributed by atoms with Crippen molar-refractivity contribution in [3.8, 4) is 0 Å². The first-order valence-electron chi connectivity index (χ1n) is 4.63. The highest BCUT2D eigenvalue weighted by atomic mass is 16.1. The maximum Gasteiger partial charge on any atom is 0.250 e. The third-order valence-corrected chi connectivity index (χ3v) is 2.63. The van der Waals surface area contributed by atoms with Crippen molar-refractivity contribution in [2.24, 2.45) is 11.7 Å². The minimum atomic E-state index is -0.0215. The maximum absolute atomic E-state index is 11.1. The normalized spacial score (nSPS) is 18.6. The zero-order valence-electron chi connectivity index (χ0n) is 7.71. The molecular weight excluding hydrogens is 164 g/mol. The molecule has 70 valence electrons. The summed E-state index contributed by atoms with van der Waals surface area (Å²) in [4.78, 5) is 13.8. The molecule has 13 heavy (non-hydrogen) atoms. The standard InChI is InChI=1S/C10H14N2O/c1-6-4-8(5-12-10(6)13)9(11)7-2-3-7/h4-5,7,9H,2-3,11H2,1H3,(H,12,13). The summed E-state index contributed by atoms with van der Waals surface area (Å²) in [5.41, 5.74) is 7.77. The predicted molar refractivity (Wildman–Crippen MR) is 51.5 cm³/mol. The van der Waals surface area contributed by atoms with Crippen LogP contribution in [-0.2, 0) is 0 Å². The third kappa shape index (κ3) is 1.65. The summed E-state index contributed by atoms with van der Waals surface area (Å²) in [5.74, 6) is 0.630. The lowest BCUT2D eigenvalue weighted by molar-refractivity contribution is 0.629. The van der Waals surface area contributed by atoms with Crippen LogP contribution in [0.5, 0.6) is 0 Å². The lowest BCUT2D eigenvalue weighted by Crippen LogP contribution is -2.16. The predicted octanol–water partition coefficient (Wildman–Crippen LogP) is 1.09. The highest BCUT2D eigenvalue weighted by molar-refractivity contribution is 5.21. The van der Waals surface area contributed by atoms with Gasteiger partial charge >= 0.3 is 0 Å². The van der Waals surface area contributed by atoms with E-state index in [-0.39, 0.29) is 11.6 Å². The highest BCUT2D eigenvalue weighted by Crippen LogP contribution is 2.39. The van der Waals surface area contributed by atoms with E-state index in [9.17, 15) is 4.79 Å². The zero-order chi connectivity index (χ0) is 9.42. The van der Waals surface area contributed by atoms with Gasteiger partial charge in [-0.05, 0) is 37.3 Å². The second-order valence-corrected chi connectivity index (χ2v) is 3.81. The molecule has 0 saturated heterocycles. The Labute approximate surface area is 77.0 Å². The molecule has 0 radical (unpaired) electrons. The largest absolute Gasteiger partial charge is 0.329 e. The highest BCUT2D eigenvalue weighted by Gasteiger charge is 2.29. The van der Waals surface area contributed by atoms with E-state index in [2.05, 4.69) is 4.98 Å². The van der Waals surface area contributed by atoms with Gasteiger partial charge in [-0.25, -0.2) is 0 Å². The molecule has 2 rings (SSSR count). The fourth-order valence-corrected chi connectivity index (χ4v) is 1.54. The van der Waals surface area contributed by atoms with Gasteiger partial charge in [0.25, 0.3) is 5.56 Å². The SMILES string of the molecule is Cc1cc(C(N)C2CC2)c[nH]c1=O. The van der Waals surface area contributed by atoms with Crippen molar-refractivity contribution in [2.75, 3.05) is 0 Å². The fraction of sp³-hybridized carbons (Fsp3) is 0.500. The summed E-state index contributed by atoms with van der Waals surface area (Å²) >= 11 is 0. The monoisotopic (exact) mass is 178 g/mol. The quantitative estimate of drug-likeness (QED) is 0.712. The Kier molecular flexibility index (Phi) is 1.96. The van der Waals surface area contributed by atoms with E-state index < -0.39 is 0 Å². The molecule has 0 aliphatic heterocycles. The average molecular weight is 178 g/mol. The molecule has 0 amide bonds. The van der Waals surface area contributed by atoms with Crippen molar-refractivity contribution in [1.82, 2.24) is 4.98 Å². The third-order valence-electron chi connectivity index (χ3n) is 2.63. The molecule has 1 unspecified atom stereocenters. The smallest absolute Gasteiger partial charge is 0.250 e. The Morgan fingerprint density at radius 1 is 1.62 bits per heavy atom. The summed E-state index contributed by atoms with van der Waals surface area (Å²) in [5, 5.41) is 0. The van der Waals surface area contributed by atoms with E-state index >= 15 is 0 Å². The lowest BCUT2D eigenvalue weighted by Gasteiger charge is -2.10. The van der Waals surface area contributed by atoms with Crippen molar-refractivity contribution in [3.63, 3.8) is 0 Å². The van der Waals surface area contributed by atoms with Crippen LogP contribution in [0.4, 0.5) is 0 Å². The van der Waals surface area contributed by atoms with Gasteiger partial charge in [0.05, 0.1) is 0 Å². The van der Waals surface area contributed by atoms with Gasteiger partial charge in [0.2, 0.25) is 0 Å². The summed E-state index contributed by atoms with van der Waals surface area (Å²) in [6.07, 6.45) is 4.18. The van der Waals surface area contributed by atoms with Crippen LogP contribution in [0.3, 0.4) is 0 Å². The molecule has 3 N–H and O–H groups in total. The van der Waals surface area contributed by atoms with Crippen LogP contribution in [0.25, 0.3) is 0 Å². The minimum Gasteiger partial charge on any atom is -0.329 e. The number of aromatic amines is 1. The number of H-pyrrole nitrogens is 1. The number of nitrogens with one attached hydrogen (secondary N) is 1. The zero-order valence-corrected chi connectivity index (χ0v) is 7.71. The number of aryl methyl sites for hydroxylation is 1. The molecular formula is C10H14N2O. The van der Waals surface area contributed by atoms with Crippen LogP contribution in [0, 0.1) is 12.8 Å². The first-order chi connectivity index (χ1) is 6.18. The summed E-state index contributed by atoms with van der Waals surface area (Å²) in [7, 11) is 0.